The number of nitrogens with zero attached hydrogens (tertiary/aromatic N) is 2. The van der Waals surface area contributed by atoms with Crippen LogP contribution in [-0.2, 0) is 9.59 Å². The second-order valence-electron chi connectivity index (χ2n) is 6.94. The maximum absolute atomic E-state index is 12.9. The molecule has 26 heavy (non-hydrogen) atoms. The van der Waals surface area contributed by atoms with Gasteiger partial charge in [0.25, 0.3) is 0 Å². The minimum atomic E-state index is -0.428. The van der Waals surface area contributed by atoms with Gasteiger partial charge in [0.05, 0.1) is 26.5 Å². The predicted molar refractivity (Wildman–Crippen MR) is 98.7 cm³/mol. The molecule has 7 nitrogen and oxygen atoms in total. The molecular weight excluding hydrogens is 334 g/mol. The van der Waals surface area contributed by atoms with Crippen molar-refractivity contribution in [3.8, 4) is 11.5 Å². The van der Waals surface area contributed by atoms with Crippen molar-refractivity contribution in [3.05, 3.63) is 18.2 Å². The minimum Gasteiger partial charge on any atom is -0.497 e. The lowest BCUT2D eigenvalue weighted by molar-refractivity contribution is -0.135. The summed E-state index contributed by atoms with van der Waals surface area (Å²) in [5, 5.41) is 3.19. The van der Waals surface area contributed by atoms with E-state index in [4.69, 9.17) is 9.47 Å². The number of carbonyl (C=O) groups is 2. The predicted octanol–water partition coefficient (Wildman–Crippen LogP) is 1.27. The molecule has 1 saturated carbocycles. The summed E-state index contributed by atoms with van der Waals surface area (Å²) in [4.78, 5) is 28.5. The van der Waals surface area contributed by atoms with Crippen molar-refractivity contribution in [1.82, 2.24) is 10.2 Å². The molecule has 1 aromatic rings. The van der Waals surface area contributed by atoms with Gasteiger partial charge in [-0.15, -0.1) is 0 Å². The normalized spacial score (nSPS) is 19.6. The number of ether oxygens (including phenoxy) is 2. The molecule has 0 aromatic heterocycles. The quantitative estimate of drug-likeness (QED) is 0.755. The van der Waals surface area contributed by atoms with Gasteiger partial charge >= 0.3 is 0 Å². The lowest BCUT2D eigenvalue weighted by Crippen LogP contribution is -2.46. The molecule has 1 aromatic carbocycles. The molecule has 2 aliphatic rings. The summed E-state index contributed by atoms with van der Waals surface area (Å²) in [6.07, 6.45) is 3.11. The van der Waals surface area contributed by atoms with E-state index in [1.807, 2.05) is 12.1 Å². The lowest BCUT2D eigenvalue weighted by atomic mass is 10.2. The monoisotopic (exact) mass is 361 g/mol. The SMILES string of the molecule is COc1cc(OC)cc(N2CCC(N(C)C(=O)CNCC3CC3)C2=O)c1. The Kier molecular flexibility index (Phi) is 5.66. The summed E-state index contributed by atoms with van der Waals surface area (Å²) >= 11 is 0. The van der Waals surface area contributed by atoms with Crippen molar-refractivity contribution in [2.45, 2.75) is 25.3 Å². The molecule has 0 spiro atoms. The Morgan fingerprint density at radius 2 is 1.85 bits per heavy atom. The minimum absolute atomic E-state index is 0.0472. The Hall–Kier alpha value is -2.28. The average Bonchev–Trinajstić information content (AvgIpc) is 3.40. The summed E-state index contributed by atoms with van der Waals surface area (Å²) < 4.78 is 10.6. The largest absolute Gasteiger partial charge is 0.497 e. The molecule has 1 aliphatic carbocycles. The van der Waals surface area contributed by atoms with Gasteiger partial charge in [0.2, 0.25) is 11.8 Å². The highest BCUT2D eigenvalue weighted by atomic mass is 16.5. The van der Waals surface area contributed by atoms with Crippen molar-refractivity contribution < 1.29 is 19.1 Å². The molecule has 1 aliphatic heterocycles. The van der Waals surface area contributed by atoms with Crippen LogP contribution < -0.4 is 19.7 Å². The maximum atomic E-state index is 12.9. The first kappa shape index (κ1) is 18.5. The summed E-state index contributed by atoms with van der Waals surface area (Å²) in [5.41, 5.74) is 0.724. The van der Waals surface area contributed by atoms with E-state index in [1.165, 1.54) is 12.8 Å². The smallest absolute Gasteiger partial charge is 0.249 e. The van der Waals surface area contributed by atoms with Crippen LogP contribution in [0.1, 0.15) is 19.3 Å². The number of carbonyl (C=O) groups excluding carboxylic acids is 2. The zero-order chi connectivity index (χ0) is 18.7. The van der Waals surface area contributed by atoms with Crippen molar-refractivity contribution in [3.63, 3.8) is 0 Å². The standard InChI is InChI=1S/C19H27N3O4/c1-21(18(23)12-20-11-13-4-5-13)17-6-7-22(19(17)24)14-8-15(25-2)10-16(9-14)26-3/h8-10,13,17,20H,4-7,11-12H2,1-3H3. The molecule has 1 heterocycles. The third-order valence-corrected chi connectivity index (χ3v) is 5.09. The number of benzene rings is 1. The van der Waals surface area contributed by atoms with Crippen LogP contribution in [0.2, 0.25) is 0 Å². The lowest BCUT2D eigenvalue weighted by Gasteiger charge is -2.24. The van der Waals surface area contributed by atoms with Gasteiger partial charge in [0.15, 0.2) is 0 Å². The number of anilines is 1. The van der Waals surface area contributed by atoms with Crippen LogP contribution in [0.4, 0.5) is 5.69 Å². The Morgan fingerprint density at radius 1 is 1.19 bits per heavy atom. The zero-order valence-corrected chi connectivity index (χ0v) is 15.7. The van der Waals surface area contributed by atoms with E-state index in [0.29, 0.717) is 24.5 Å². The molecule has 1 N–H and O–H groups in total. The number of methoxy groups -OCH3 is 2. The van der Waals surface area contributed by atoms with E-state index in [2.05, 4.69) is 5.32 Å². The van der Waals surface area contributed by atoms with Crippen LogP contribution in [0.25, 0.3) is 0 Å². The van der Waals surface area contributed by atoms with Crippen LogP contribution in [-0.4, -0.2) is 63.7 Å². The van der Waals surface area contributed by atoms with Gasteiger partial charge in [-0.25, -0.2) is 0 Å². The highest BCUT2D eigenvalue weighted by molar-refractivity contribution is 6.01. The van der Waals surface area contributed by atoms with Crippen LogP contribution in [0.5, 0.6) is 11.5 Å². The van der Waals surface area contributed by atoms with Crippen LogP contribution in [0.15, 0.2) is 18.2 Å². The Morgan fingerprint density at radius 3 is 2.42 bits per heavy atom. The molecule has 3 rings (SSSR count). The van der Waals surface area contributed by atoms with Gasteiger partial charge in [-0.05, 0) is 31.7 Å². The van der Waals surface area contributed by atoms with Crippen molar-refractivity contribution in [2.24, 2.45) is 5.92 Å². The van der Waals surface area contributed by atoms with Gasteiger partial charge in [0.1, 0.15) is 17.5 Å². The number of amides is 2. The molecule has 1 saturated heterocycles. The number of hydrogen-bond acceptors (Lipinski definition) is 5. The van der Waals surface area contributed by atoms with Crippen LogP contribution in [0.3, 0.4) is 0 Å². The van der Waals surface area contributed by atoms with E-state index < -0.39 is 6.04 Å². The number of rotatable bonds is 8. The maximum Gasteiger partial charge on any atom is 0.249 e. The Balaban J connectivity index is 1.64. The summed E-state index contributed by atoms with van der Waals surface area (Å²) in [5.74, 6) is 1.86. The fourth-order valence-corrected chi connectivity index (χ4v) is 3.23. The molecule has 7 heteroatoms. The molecule has 2 amide bonds. The fourth-order valence-electron chi connectivity index (χ4n) is 3.23. The van der Waals surface area contributed by atoms with E-state index in [1.54, 1.807) is 37.1 Å². The molecule has 0 bridgehead atoms. The van der Waals surface area contributed by atoms with E-state index in [9.17, 15) is 9.59 Å². The molecule has 1 atom stereocenters. The third-order valence-electron chi connectivity index (χ3n) is 5.09. The second kappa shape index (κ2) is 7.95. The van der Waals surface area contributed by atoms with Crippen molar-refractivity contribution in [1.29, 1.82) is 0 Å². The van der Waals surface area contributed by atoms with Crippen molar-refractivity contribution in [2.75, 3.05) is 45.8 Å². The van der Waals surface area contributed by atoms with Gasteiger partial charge in [-0.3, -0.25) is 9.59 Å². The molecule has 142 valence electrons. The van der Waals surface area contributed by atoms with Gasteiger partial charge in [0, 0.05) is 31.8 Å². The zero-order valence-electron chi connectivity index (χ0n) is 15.7. The molecule has 0 radical (unpaired) electrons. The molecule has 1 unspecified atom stereocenters. The topological polar surface area (TPSA) is 71.1 Å². The molecule has 2 fully saturated rings. The van der Waals surface area contributed by atoms with Gasteiger partial charge < -0.3 is 24.6 Å². The summed E-state index contributed by atoms with van der Waals surface area (Å²) in [7, 11) is 4.86. The van der Waals surface area contributed by atoms with E-state index in [-0.39, 0.29) is 18.4 Å². The Bertz CT molecular complexity index is 652. The van der Waals surface area contributed by atoms with Gasteiger partial charge in [-0.1, -0.05) is 0 Å². The summed E-state index contributed by atoms with van der Waals surface area (Å²) in [6.45, 7) is 1.73. The number of likely N-dealkylation sites (N-methyl/N-ethyl adjacent to an activating group) is 1. The van der Waals surface area contributed by atoms with Crippen LogP contribution >= 0.6 is 0 Å². The summed E-state index contributed by atoms with van der Waals surface area (Å²) in [6, 6.07) is 4.95. The fraction of sp³-hybridized carbons (Fsp3) is 0.579. The van der Waals surface area contributed by atoms with E-state index in [0.717, 1.165) is 18.2 Å². The average molecular weight is 361 g/mol. The van der Waals surface area contributed by atoms with Crippen LogP contribution in [0, 0.1) is 5.92 Å². The number of nitrogens with one attached hydrogen (secondary N) is 1. The molecular formula is C19H27N3O4. The van der Waals surface area contributed by atoms with Crippen molar-refractivity contribution >= 4 is 17.5 Å². The highest BCUT2D eigenvalue weighted by Gasteiger charge is 2.37. The third kappa shape index (κ3) is 4.09. The van der Waals surface area contributed by atoms with E-state index >= 15 is 0 Å². The first-order valence-electron chi connectivity index (χ1n) is 9.04. The first-order chi connectivity index (χ1) is 12.5. The first-order valence-corrected chi connectivity index (χ1v) is 9.04. The Labute approximate surface area is 154 Å². The highest BCUT2D eigenvalue weighted by Crippen LogP contribution is 2.32. The second-order valence-corrected chi connectivity index (χ2v) is 6.94. The van der Waals surface area contributed by atoms with Gasteiger partial charge in [-0.2, -0.15) is 0 Å². The number of hydrogen-bond donors (Lipinski definition) is 1.